The van der Waals surface area contributed by atoms with Crippen LogP contribution < -0.4 is 0 Å². The Hall–Kier alpha value is 0.943. The molecule has 0 amide bonds. The van der Waals surface area contributed by atoms with E-state index < -0.39 is 0 Å². The molecule has 0 fully saturated rings. The summed E-state index contributed by atoms with van der Waals surface area (Å²) in [6, 6.07) is 0. The fourth-order valence-corrected chi connectivity index (χ4v) is 0. The van der Waals surface area contributed by atoms with Crippen molar-refractivity contribution in [1.29, 1.82) is 0 Å². The Kier molecular flexibility index (Phi) is 196. The van der Waals surface area contributed by atoms with E-state index >= 15 is 0 Å². The van der Waals surface area contributed by atoms with Gasteiger partial charge in [0.25, 0.3) is 0 Å². The second-order valence-corrected chi connectivity index (χ2v) is 0. The molecule has 0 unspecified atom stereocenters. The summed E-state index contributed by atoms with van der Waals surface area (Å²) in [5.74, 6) is 0. The van der Waals surface area contributed by atoms with Crippen molar-refractivity contribution < 1.29 is 4.79 Å². The molecular formula is CH8Ga2O. The van der Waals surface area contributed by atoms with E-state index in [1.165, 1.54) is 0 Å². The maximum absolute atomic E-state index is 8.00. The molecule has 0 atom stereocenters. The van der Waals surface area contributed by atoms with E-state index in [1.807, 2.05) is 6.79 Å². The molecule has 0 N–H and O–H groups in total. The van der Waals surface area contributed by atoms with Crippen molar-refractivity contribution >= 4 is 46.4 Å². The van der Waals surface area contributed by atoms with Gasteiger partial charge in [0.1, 0.15) is 6.79 Å². The topological polar surface area (TPSA) is 17.1 Å². The summed E-state index contributed by atoms with van der Waals surface area (Å²) in [5, 5.41) is 0. The molecule has 0 bridgehead atoms. The van der Waals surface area contributed by atoms with E-state index in [0.29, 0.717) is 0 Å². The first-order chi connectivity index (χ1) is 1.00. The van der Waals surface area contributed by atoms with Crippen molar-refractivity contribution in [2.45, 2.75) is 0 Å². The van der Waals surface area contributed by atoms with Gasteiger partial charge in [0.15, 0.2) is 0 Å². The molecule has 0 aliphatic carbocycles. The zero-order valence-electron chi connectivity index (χ0n) is 1.12. The quantitative estimate of drug-likeness (QED) is 0.371. The molecule has 0 spiro atoms. The molecule has 3 heteroatoms. The predicted octanol–water partition coefficient (Wildman–Crippen LogP) is -2.55. The molecule has 0 saturated heterocycles. The van der Waals surface area contributed by atoms with E-state index in [4.69, 9.17) is 4.79 Å². The third kappa shape index (κ3) is 12.5. The summed E-state index contributed by atoms with van der Waals surface area (Å²) in [5.41, 5.74) is 0. The number of carbonyl (C=O) groups excluding carboxylic acids is 1. The molecule has 4 heavy (non-hydrogen) atoms. The molecule has 0 aliphatic heterocycles. The fourth-order valence-electron chi connectivity index (χ4n) is 0. The summed E-state index contributed by atoms with van der Waals surface area (Å²) in [4.78, 5) is 8.00. The van der Waals surface area contributed by atoms with Gasteiger partial charge in [-0.1, -0.05) is 0 Å². The van der Waals surface area contributed by atoms with Crippen molar-refractivity contribution in [1.82, 2.24) is 0 Å². The molecule has 1 nitrogen and oxygen atoms in total. The van der Waals surface area contributed by atoms with E-state index in [1.54, 1.807) is 0 Å². The summed E-state index contributed by atoms with van der Waals surface area (Å²) >= 11 is 0. The first-order valence-corrected chi connectivity index (χ1v) is 0.289. The number of rotatable bonds is 0. The van der Waals surface area contributed by atoms with Gasteiger partial charge in [0.05, 0.1) is 0 Å². The normalized spacial score (nSPS) is 1.00. The second kappa shape index (κ2) is 38.4. The van der Waals surface area contributed by atoms with Crippen LogP contribution in [0.3, 0.4) is 0 Å². The third-order valence-corrected chi connectivity index (χ3v) is 0. The van der Waals surface area contributed by atoms with Crippen LogP contribution in [0.1, 0.15) is 0 Å². The predicted molar refractivity (Wildman–Crippen MR) is 27.0 cm³/mol. The van der Waals surface area contributed by atoms with Crippen LogP contribution in [0.4, 0.5) is 0 Å². The Bertz CT molecular complexity index is 6.00. The first kappa shape index (κ1) is 20.4. The molecule has 24 valence electrons. The minimum absolute atomic E-state index is 0. The summed E-state index contributed by atoms with van der Waals surface area (Å²) < 4.78 is 0. The van der Waals surface area contributed by atoms with Gasteiger partial charge >= 0.3 is 39.6 Å². The zero-order valence-corrected chi connectivity index (χ0v) is 1.12. The van der Waals surface area contributed by atoms with Crippen LogP contribution in [0, 0.1) is 0 Å². The maximum atomic E-state index is 8.00. The van der Waals surface area contributed by atoms with E-state index in [2.05, 4.69) is 0 Å². The molecule has 0 heterocycles. The van der Waals surface area contributed by atoms with Crippen LogP contribution in [-0.2, 0) is 4.79 Å². The molecule has 0 aromatic carbocycles. The Morgan fingerprint density at radius 2 is 1.00 bits per heavy atom. The van der Waals surface area contributed by atoms with Gasteiger partial charge in [-0.15, -0.1) is 0 Å². The van der Waals surface area contributed by atoms with Gasteiger partial charge in [-0.25, -0.2) is 0 Å². The molecule has 0 saturated carbocycles. The van der Waals surface area contributed by atoms with Gasteiger partial charge in [0.2, 0.25) is 0 Å². The Morgan fingerprint density at radius 3 is 1.00 bits per heavy atom. The van der Waals surface area contributed by atoms with Crippen LogP contribution in [0.15, 0.2) is 0 Å². The number of carbonyl (C=O) groups is 1. The summed E-state index contributed by atoms with van der Waals surface area (Å²) in [7, 11) is 0. The standard InChI is InChI=1S/CH2O.2Ga.6H/c1-2;;;;;;;;/h1H2;;;;;;;;. The van der Waals surface area contributed by atoms with Crippen LogP contribution in [0.2, 0.25) is 0 Å². The van der Waals surface area contributed by atoms with Crippen molar-refractivity contribution in [3.05, 3.63) is 0 Å². The Balaban J connectivity index is -0.00000000500. The van der Waals surface area contributed by atoms with Crippen molar-refractivity contribution in [3.8, 4) is 0 Å². The van der Waals surface area contributed by atoms with Gasteiger partial charge in [0, 0.05) is 0 Å². The zero-order chi connectivity index (χ0) is 2.00. The molecule has 0 aromatic heterocycles. The fraction of sp³-hybridized carbons (Fsp3) is 0. The SMILES string of the molecule is C=O.[GaH3].[GaH3]. The number of hydrogen-bond acceptors (Lipinski definition) is 1. The average Bonchev–Trinajstić information content (AvgIpc) is 1.00. The molecule has 0 rings (SSSR count). The number of hydrogen-bond donors (Lipinski definition) is 0. The first-order valence-electron chi connectivity index (χ1n) is 0.289. The van der Waals surface area contributed by atoms with Gasteiger partial charge in [-0.3, -0.25) is 0 Å². The van der Waals surface area contributed by atoms with Crippen LogP contribution in [0.5, 0.6) is 0 Å². The molecular weight excluding hydrogens is 167 g/mol. The molecule has 0 aliphatic rings. The minimum atomic E-state index is 0. The van der Waals surface area contributed by atoms with E-state index in [-0.39, 0.29) is 39.6 Å². The van der Waals surface area contributed by atoms with Gasteiger partial charge in [-0.2, -0.15) is 0 Å². The van der Waals surface area contributed by atoms with Gasteiger partial charge < -0.3 is 4.79 Å². The molecule has 0 aromatic rings. The summed E-state index contributed by atoms with van der Waals surface area (Å²) in [6.45, 7) is 2.00. The summed E-state index contributed by atoms with van der Waals surface area (Å²) in [6.07, 6.45) is 0. The second-order valence-electron chi connectivity index (χ2n) is 0. The molecule has 0 radical (unpaired) electrons. The monoisotopic (exact) mass is 174 g/mol. The van der Waals surface area contributed by atoms with Crippen molar-refractivity contribution in [3.63, 3.8) is 0 Å². The van der Waals surface area contributed by atoms with Gasteiger partial charge in [-0.05, 0) is 0 Å². The van der Waals surface area contributed by atoms with E-state index in [0.717, 1.165) is 0 Å². The third-order valence-electron chi connectivity index (χ3n) is 0. The van der Waals surface area contributed by atoms with Crippen molar-refractivity contribution in [2.24, 2.45) is 0 Å². The van der Waals surface area contributed by atoms with Crippen LogP contribution in [-0.4, -0.2) is 46.4 Å². The van der Waals surface area contributed by atoms with Crippen LogP contribution >= 0.6 is 0 Å². The average molecular weight is 176 g/mol. The van der Waals surface area contributed by atoms with E-state index in [9.17, 15) is 0 Å². The Labute approximate surface area is 51.3 Å². The van der Waals surface area contributed by atoms with Crippen LogP contribution in [0.25, 0.3) is 0 Å². The Morgan fingerprint density at radius 1 is 1.00 bits per heavy atom. The van der Waals surface area contributed by atoms with Crippen molar-refractivity contribution in [2.75, 3.05) is 0 Å².